The maximum atomic E-state index is 12.4. The third-order valence-electron chi connectivity index (χ3n) is 2.97. The molecule has 0 bridgehead atoms. The monoisotopic (exact) mass is 326 g/mol. The number of anilines is 1. The van der Waals surface area contributed by atoms with Gasteiger partial charge in [0.05, 0.1) is 12.2 Å². The minimum absolute atomic E-state index is 0.182. The van der Waals surface area contributed by atoms with Gasteiger partial charge in [0.1, 0.15) is 9.63 Å². The molecule has 3 rings (SSSR count). The first-order chi connectivity index (χ1) is 9.65. The van der Waals surface area contributed by atoms with Crippen molar-refractivity contribution in [2.24, 2.45) is 4.99 Å². The van der Waals surface area contributed by atoms with Gasteiger partial charge in [-0.1, -0.05) is 41.2 Å². The van der Waals surface area contributed by atoms with Gasteiger partial charge in [0, 0.05) is 17.2 Å². The third-order valence-corrected chi connectivity index (χ3v) is 5.60. The number of hydrogen-bond donors (Lipinski definition) is 0. The van der Waals surface area contributed by atoms with Crippen LogP contribution in [0.5, 0.6) is 0 Å². The Morgan fingerprint density at radius 2 is 2.25 bits per heavy atom. The van der Waals surface area contributed by atoms with Gasteiger partial charge in [-0.25, -0.2) is 4.90 Å². The highest BCUT2D eigenvalue weighted by molar-refractivity contribution is 8.39. The fourth-order valence-corrected chi connectivity index (χ4v) is 4.53. The SMILES string of the molecule is O=C1CC(SC2=NCCS2)C(=O)N1c1cccc(Cl)c1. The molecule has 2 aliphatic heterocycles. The lowest BCUT2D eigenvalue weighted by atomic mass is 10.3. The van der Waals surface area contributed by atoms with E-state index in [1.54, 1.807) is 36.0 Å². The molecule has 1 aromatic rings. The van der Waals surface area contributed by atoms with Gasteiger partial charge in [-0.3, -0.25) is 14.6 Å². The molecule has 1 aromatic carbocycles. The second kappa shape index (κ2) is 5.79. The molecule has 0 spiro atoms. The quantitative estimate of drug-likeness (QED) is 0.784. The van der Waals surface area contributed by atoms with Crippen molar-refractivity contribution in [2.75, 3.05) is 17.2 Å². The summed E-state index contributed by atoms with van der Waals surface area (Å²) in [4.78, 5) is 30.0. The smallest absolute Gasteiger partial charge is 0.247 e. The summed E-state index contributed by atoms with van der Waals surface area (Å²) in [5.74, 6) is 0.589. The summed E-state index contributed by atoms with van der Waals surface area (Å²) in [6.07, 6.45) is 0.218. The van der Waals surface area contributed by atoms with Crippen LogP contribution in [0.4, 0.5) is 5.69 Å². The van der Waals surface area contributed by atoms with E-state index >= 15 is 0 Å². The van der Waals surface area contributed by atoms with Crippen LogP contribution in [0.25, 0.3) is 0 Å². The number of thioether (sulfide) groups is 2. The van der Waals surface area contributed by atoms with Crippen LogP contribution in [0.15, 0.2) is 29.3 Å². The fourth-order valence-electron chi connectivity index (χ4n) is 2.09. The normalized spacial score (nSPS) is 22.6. The lowest BCUT2D eigenvalue weighted by Gasteiger charge is -2.15. The standard InChI is InChI=1S/C13H11ClN2O2S2/c14-8-2-1-3-9(6-8)16-11(17)7-10(12(16)18)20-13-15-4-5-19-13/h1-3,6,10H,4-5,7H2. The predicted molar refractivity (Wildman–Crippen MR) is 84.7 cm³/mol. The summed E-state index contributed by atoms with van der Waals surface area (Å²) in [6, 6.07) is 6.80. The number of amides is 2. The molecule has 7 heteroatoms. The van der Waals surface area contributed by atoms with Crippen LogP contribution in [-0.2, 0) is 9.59 Å². The molecule has 2 aliphatic rings. The van der Waals surface area contributed by atoms with Gasteiger partial charge < -0.3 is 0 Å². The average molecular weight is 327 g/mol. The summed E-state index contributed by atoms with van der Waals surface area (Å²) in [5.41, 5.74) is 0.539. The number of rotatable bonds is 2. The summed E-state index contributed by atoms with van der Waals surface area (Å²) >= 11 is 8.95. The molecule has 1 fully saturated rings. The van der Waals surface area contributed by atoms with Crippen molar-refractivity contribution in [3.05, 3.63) is 29.3 Å². The van der Waals surface area contributed by atoms with Crippen molar-refractivity contribution >= 4 is 57.0 Å². The molecular formula is C13H11ClN2O2S2. The van der Waals surface area contributed by atoms with Gasteiger partial charge in [0.2, 0.25) is 11.8 Å². The Hall–Kier alpha value is -0.980. The summed E-state index contributed by atoms with van der Waals surface area (Å²) in [7, 11) is 0. The Bertz CT molecular complexity index is 606. The summed E-state index contributed by atoms with van der Waals surface area (Å²) in [6.45, 7) is 0.792. The number of nitrogens with zero attached hydrogens (tertiary/aromatic N) is 2. The highest BCUT2D eigenvalue weighted by atomic mass is 35.5. The third kappa shape index (κ3) is 2.73. The maximum Gasteiger partial charge on any atom is 0.247 e. The van der Waals surface area contributed by atoms with E-state index < -0.39 is 0 Å². The number of halogens is 1. The number of imide groups is 1. The largest absolute Gasteiger partial charge is 0.274 e. The van der Waals surface area contributed by atoms with E-state index in [1.165, 1.54) is 16.7 Å². The van der Waals surface area contributed by atoms with Gasteiger partial charge >= 0.3 is 0 Å². The molecule has 0 aromatic heterocycles. The lowest BCUT2D eigenvalue weighted by molar-refractivity contribution is -0.121. The molecular weight excluding hydrogens is 316 g/mol. The van der Waals surface area contributed by atoms with E-state index in [-0.39, 0.29) is 23.5 Å². The maximum absolute atomic E-state index is 12.4. The van der Waals surface area contributed by atoms with Crippen LogP contribution in [0, 0.1) is 0 Å². The fraction of sp³-hybridized carbons (Fsp3) is 0.308. The Kier molecular flexibility index (Phi) is 4.05. The molecule has 0 aliphatic carbocycles. The van der Waals surface area contributed by atoms with Gasteiger partial charge in [0.15, 0.2) is 0 Å². The van der Waals surface area contributed by atoms with Crippen LogP contribution in [0.2, 0.25) is 5.02 Å². The van der Waals surface area contributed by atoms with Gasteiger partial charge in [0.25, 0.3) is 0 Å². The summed E-state index contributed by atoms with van der Waals surface area (Å²) in [5, 5.41) is 0.140. The second-order valence-corrected chi connectivity index (χ2v) is 7.32. The molecule has 1 saturated heterocycles. The average Bonchev–Trinajstić information content (AvgIpc) is 2.99. The Morgan fingerprint density at radius 3 is 2.95 bits per heavy atom. The van der Waals surface area contributed by atoms with Crippen molar-refractivity contribution in [3.8, 4) is 0 Å². The molecule has 1 atom stereocenters. The molecule has 2 amide bonds. The minimum Gasteiger partial charge on any atom is -0.274 e. The van der Waals surface area contributed by atoms with Crippen LogP contribution in [0.3, 0.4) is 0 Å². The van der Waals surface area contributed by atoms with E-state index in [4.69, 9.17) is 11.6 Å². The first kappa shape index (κ1) is 14.0. The number of carbonyl (C=O) groups is 2. The van der Waals surface area contributed by atoms with E-state index in [9.17, 15) is 9.59 Å². The van der Waals surface area contributed by atoms with E-state index in [1.807, 2.05) is 0 Å². The Balaban J connectivity index is 1.79. The second-order valence-electron chi connectivity index (χ2n) is 4.35. The summed E-state index contributed by atoms with van der Waals surface area (Å²) < 4.78 is 0.907. The zero-order valence-electron chi connectivity index (χ0n) is 10.4. The van der Waals surface area contributed by atoms with Crippen molar-refractivity contribution < 1.29 is 9.59 Å². The number of benzene rings is 1. The Morgan fingerprint density at radius 1 is 1.40 bits per heavy atom. The first-order valence-corrected chi connectivity index (χ1v) is 8.36. The highest BCUT2D eigenvalue weighted by Crippen LogP contribution is 2.34. The number of aliphatic imine (C=N–C) groups is 1. The van der Waals surface area contributed by atoms with Crippen molar-refractivity contribution in [1.82, 2.24) is 0 Å². The van der Waals surface area contributed by atoms with Crippen molar-refractivity contribution in [2.45, 2.75) is 11.7 Å². The topological polar surface area (TPSA) is 49.7 Å². The van der Waals surface area contributed by atoms with Crippen LogP contribution < -0.4 is 4.90 Å². The van der Waals surface area contributed by atoms with E-state index in [2.05, 4.69) is 4.99 Å². The van der Waals surface area contributed by atoms with Crippen LogP contribution >= 0.6 is 35.1 Å². The molecule has 104 valence electrons. The molecule has 20 heavy (non-hydrogen) atoms. The van der Waals surface area contributed by atoms with E-state index in [0.717, 1.165) is 16.7 Å². The zero-order chi connectivity index (χ0) is 14.1. The first-order valence-electron chi connectivity index (χ1n) is 6.11. The van der Waals surface area contributed by atoms with Crippen LogP contribution in [0.1, 0.15) is 6.42 Å². The van der Waals surface area contributed by atoms with E-state index in [0.29, 0.717) is 10.7 Å². The van der Waals surface area contributed by atoms with Gasteiger partial charge in [-0.2, -0.15) is 0 Å². The van der Waals surface area contributed by atoms with Gasteiger partial charge in [-0.15, -0.1) is 0 Å². The van der Waals surface area contributed by atoms with Crippen molar-refractivity contribution in [1.29, 1.82) is 0 Å². The van der Waals surface area contributed by atoms with Crippen molar-refractivity contribution in [3.63, 3.8) is 0 Å². The van der Waals surface area contributed by atoms with Crippen LogP contribution in [-0.4, -0.2) is 33.7 Å². The molecule has 2 heterocycles. The highest BCUT2D eigenvalue weighted by Gasteiger charge is 2.41. The molecule has 0 radical (unpaired) electrons. The van der Waals surface area contributed by atoms with Gasteiger partial charge in [-0.05, 0) is 18.2 Å². The lowest BCUT2D eigenvalue weighted by Crippen LogP contribution is -2.31. The minimum atomic E-state index is -0.370. The zero-order valence-corrected chi connectivity index (χ0v) is 12.8. The predicted octanol–water partition coefficient (Wildman–Crippen LogP) is 2.81. The Labute approximate surface area is 130 Å². The molecule has 1 unspecified atom stereocenters. The number of carbonyl (C=O) groups excluding carboxylic acids is 2. The molecule has 0 N–H and O–H groups in total. The molecule has 0 saturated carbocycles. The molecule has 4 nitrogen and oxygen atoms in total. The number of hydrogen-bond acceptors (Lipinski definition) is 5.